The van der Waals surface area contributed by atoms with E-state index in [1.807, 2.05) is 103 Å². The highest BCUT2D eigenvalue weighted by atomic mass is 31.2. The van der Waals surface area contributed by atoms with Gasteiger partial charge in [-0.25, -0.2) is 9.97 Å². The predicted molar refractivity (Wildman–Crippen MR) is 194 cm³/mol. The second-order valence-electron chi connectivity index (χ2n) is 11.7. The van der Waals surface area contributed by atoms with Crippen LogP contribution in [0.4, 0.5) is 0 Å². The maximum atomic E-state index is 15.9. The number of hydrogen-bond donors (Lipinski definition) is 0. The van der Waals surface area contributed by atoms with Gasteiger partial charge in [-0.3, -0.25) is 4.57 Å². The minimum Gasteiger partial charge on any atom is -0.309 e. The van der Waals surface area contributed by atoms with E-state index in [-0.39, 0.29) is 0 Å². The zero-order valence-corrected chi connectivity index (χ0v) is 26.3. The quantitative estimate of drug-likeness (QED) is 0.184. The van der Waals surface area contributed by atoms with Crippen LogP contribution in [0.3, 0.4) is 0 Å². The summed E-state index contributed by atoms with van der Waals surface area (Å²) in [7, 11) is -3.30. The first-order chi connectivity index (χ1) is 23.2. The Bertz CT molecular complexity index is 2430. The molecule has 0 fully saturated rings. The predicted octanol–water partition coefficient (Wildman–Crippen LogP) is 9.04. The smallest absolute Gasteiger partial charge is 0.235 e. The molecule has 6 aromatic carbocycles. The Morgan fingerprint density at radius 1 is 0.489 bits per heavy atom. The molecule has 2 aromatic heterocycles. The molecule has 0 aliphatic carbocycles. The Morgan fingerprint density at radius 2 is 0.979 bits per heavy atom. The largest absolute Gasteiger partial charge is 0.309 e. The second-order valence-corrected chi connectivity index (χ2v) is 14.4. The van der Waals surface area contributed by atoms with Gasteiger partial charge in [0.05, 0.1) is 22.6 Å². The topological polar surface area (TPSA) is 47.8 Å². The molecule has 0 amide bonds. The van der Waals surface area contributed by atoms with Crippen LogP contribution < -0.4 is 15.9 Å². The third-order valence-electron chi connectivity index (χ3n) is 9.06. The van der Waals surface area contributed by atoms with E-state index in [1.165, 1.54) is 0 Å². The number of rotatable bonds is 4. The lowest BCUT2D eigenvalue weighted by Gasteiger charge is -2.22. The molecule has 222 valence electrons. The summed E-state index contributed by atoms with van der Waals surface area (Å²) < 4.78 is 18.1. The Morgan fingerprint density at radius 3 is 1.62 bits per heavy atom. The fourth-order valence-electron chi connectivity index (χ4n) is 6.98. The van der Waals surface area contributed by atoms with Crippen molar-refractivity contribution in [1.29, 1.82) is 0 Å². The summed E-state index contributed by atoms with van der Waals surface area (Å²) in [6, 6.07) is 57.2. The van der Waals surface area contributed by atoms with E-state index >= 15 is 4.57 Å². The normalized spacial score (nSPS) is 15.0. The van der Waals surface area contributed by atoms with Crippen LogP contribution in [0.15, 0.2) is 170 Å². The molecule has 5 heteroatoms. The van der Waals surface area contributed by atoms with E-state index in [4.69, 9.17) is 9.97 Å². The molecular weight excluding hydrogens is 593 g/mol. The lowest BCUT2D eigenvalue weighted by Crippen LogP contribution is -2.26. The molecule has 0 N–H and O–H groups in total. The van der Waals surface area contributed by atoms with Crippen molar-refractivity contribution in [2.45, 2.75) is 0 Å². The van der Waals surface area contributed by atoms with Crippen LogP contribution in [-0.2, 0) is 4.57 Å². The van der Waals surface area contributed by atoms with Crippen LogP contribution in [0.2, 0.25) is 0 Å². The lowest BCUT2D eigenvalue weighted by atomic mass is 9.98. The molecule has 8 aromatic rings. The van der Waals surface area contributed by atoms with Crippen LogP contribution in [0.25, 0.3) is 61.8 Å². The van der Waals surface area contributed by atoms with Gasteiger partial charge in [0.15, 0.2) is 7.14 Å². The minimum atomic E-state index is -3.30. The molecular formula is C42H28N3OP. The van der Waals surface area contributed by atoms with Crippen molar-refractivity contribution in [3.05, 3.63) is 170 Å². The summed E-state index contributed by atoms with van der Waals surface area (Å²) in [4.78, 5) is 10.5. The standard InChI is InChI=1S/C42H28N3OP/c46-47(31-20-8-3-9-21-31)38-26-14-11-23-33(38)40-32-22-10-13-25-37(32)45(41(40)34-24-12-15-27-39(34)47)42-43-35(29-16-4-1-5-17-29)28-36(44-42)30-18-6-2-7-19-30/h1-28H. The molecule has 1 aliphatic heterocycles. The molecule has 1 unspecified atom stereocenters. The first-order valence-electron chi connectivity index (χ1n) is 15.7. The number of fused-ring (bicyclic) bond motifs is 7. The molecule has 1 aliphatic rings. The Hall–Kier alpha value is -5.83. The highest BCUT2D eigenvalue weighted by Crippen LogP contribution is 2.54. The Balaban J connectivity index is 1.44. The van der Waals surface area contributed by atoms with Crippen molar-refractivity contribution in [3.8, 4) is 50.8 Å². The van der Waals surface area contributed by atoms with Crippen molar-refractivity contribution in [2.75, 3.05) is 0 Å². The van der Waals surface area contributed by atoms with Gasteiger partial charge in [-0.05, 0) is 17.7 Å². The molecule has 1 atom stereocenters. The summed E-state index contributed by atoms with van der Waals surface area (Å²) in [5.41, 5.74) is 8.52. The summed E-state index contributed by atoms with van der Waals surface area (Å²) in [5.74, 6) is 0.561. The van der Waals surface area contributed by atoms with Gasteiger partial charge in [0, 0.05) is 43.6 Å². The summed E-state index contributed by atoms with van der Waals surface area (Å²) >= 11 is 0. The summed E-state index contributed by atoms with van der Waals surface area (Å²) in [6.45, 7) is 0. The molecule has 0 spiro atoms. The van der Waals surface area contributed by atoms with E-state index in [9.17, 15) is 0 Å². The monoisotopic (exact) mass is 621 g/mol. The van der Waals surface area contributed by atoms with Crippen LogP contribution in [0.1, 0.15) is 0 Å². The third-order valence-corrected chi connectivity index (χ3v) is 12.2. The van der Waals surface area contributed by atoms with Crippen LogP contribution in [0, 0.1) is 0 Å². The van der Waals surface area contributed by atoms with Crippen molar-refractivity contribution < 1.29 is 4.57 Å². The SMILES string of the molecule is O=P1(c2ccccc2)c2ccccc2-c2c(n(-c3nc(-c4ccccc4)cc(-c4ccccc4)n3)c3ccccc23)-c2ccccc21. The van der Waals surface area contributed by atoms with Gasteiger partial charge in [-0.2, -0.15) is 0 Å². The van der Waals surface area contributed by atoms with Gasteiger partial charge in [-0.15, -0.1) is 0 Å². The maximum Gasteiger partial charge on any atom is 0.235 e. The third kappa shape index (κ3) is 4.26. The van der Waals surface area contributed by atoms with Crippen LogP contribution in [-0.4, -0.2) is 14.5 Å². The van der Waals surface area contributed by atoms with Gasteiger partial charge in [0.2, 0.25) is 5.95 Å². The molecule has 9 rings (SSSR count). The van der Waals surface area contributed by atoms with Gasteiger partial charge in [0.25, 0.3) is 0 Å². The molecule has 47 heavy (non-hydrogen) atoms. The average Bonchev–Trinajstić information content (AvgIpc) is 3.46. The number of benzene rings is 6. The van der Waals surface area contributed by atoms with Crippen molar-refractivity contribution >= 4 is 34.0 Å². The summed E-state index contributed by atoms with van der Waals surface area (Å²) in [5, 5.41) is 3.52. The molecule has 0 saturated carbocycles. The van der Waals surface area contributed by atoms with Crippen LogP contribution >= 0.6 is 7.14 Å². The lowest BCUT2D eigenvalue weighted by molar-refractivity contribution is 0.592. The van der Waals surface area contributed by atoms with E-state index in [0.717, 1.165) is 71.7 Å². The van der Waals surface area contributed by atoms with Gasteiger partial charge < -0.3 is 4.57 Å². The first-order valence-corrected chi connectivity index (χ1v) is 17.4. The molecule has 3 heterocycles. The van der Waals surface area contributed by atoms with Crippen molar-refractivity contribution in [1.82, 2.24) is 14.5 Å². The minimum absolute atomic E-state index is 0.561. The van der Waals surface area contributed by atoms with E-state index < -0.39 is 7.14 Å². The summed E-state index contributed by atoms with van der Waals surface area (Å²) in [6.07, 6.45) is 0. The zero-order valence-electron chi connectivity index (χ0n) is 25.4. The molecule has 4 nitrogen and oxygen atoms in total. The maximum absolute atomic E-state index is 15.9. The number of nitrogens with zero attached hydrogens (tertiary/aromatic N) is 3. The van der Waals surface area contributed by atoms with E-state index in [1.54, 1.807) is 0 Å². The van der Waals surface area contributed by atoms with Crippen molar-refractivity contribution in [2.24, 2.45) is 0 Å². The number of aromatic nitrogens is 3. The highest BCUT2D eigenvalue weighted by Gasteiger charge is 2.40. The average molecular weight is 622 g/mol. The van der Waals surface area contributed by atoms with E-state index in [2.05, 4.69) is 71.3 Å². The van der Waals surface area contributed by atoms with Crippen LogP contribution in [0.5, 0.6) is 0 Å². The molecule has 0 saturated heterocycles. The Labute approximate surface area is 273 Å². The highest BCUT2D eigenvalue weighted by molar-refractivity contribution is 7.85. The molecule has 0 bridgehead atoms. The van der Waals surface area contributed by atoms with Gasteiger partial charge in [-0.1, -0.05) is 158 Å². The fraction of sp³-hybridized carbons (Fsp3) is 0. The number of para-hydroxylation sites is 1. The zero-order chi connectivity index (χ0) is 31.4. The van der Waals surface area contributed by atoms with E-state index in [0.29, 0.717) is 5.95 Å². The van der Waals surface area contributed by atoms with Crippen molar-refractivity contribution in [3.63, 3.8) is 0 Å². The van der Waals surface area contributed by atoms with Gasteiger partial charge in [0.1, 0.15) is 0 Å². The Kier molecular flexibility index (Phi) is 6.38. The van der Waals surface area contributed by atoms with Gasteiger partial charge >= 0.3 is 0 Å². The first kappa shape index (κ1) is 27.5. The fourth-order valence-corrected chi connectivity index (χ4v) is 10.0. The second kappa shape index (κ2) is 10.9. The number of hydrogen-bond acceptors (Lipinski definition) is 3. The molecule has 0 radical (unpaired) electrons.